The van der Waals surface area contributed by atoms with E-state index in [1.165, 1.54) is 7.11 Å². The molecule has 1 N–H and O–H groups in total. The number of amides is 1. The average Bonchev–Trinajstić information content (AvgIpc) is 2.66. The van der Waals surface area contributed by atoms with Crippen LogP contribution in [0.15, 0.2) is 42.5 Å². The van der Waals surface area contributed by atoms with Crippen LogP contribution in [0.3, 0.4) is 0 Å². The van der Waals surface area contributed by atoms with E-state index in [9.17, 15) is 19.2 Å². The van der Waals surface area contributed by atoms with Crippen LogP contribution in [-0.4, -0.2) is 30.6 Å². The van der Waals surface area contributed by atoms with Gasteiger partial charge in [0.15, 0.2) is 0 Å². The summed E-state index contributed by atoms with van der Waals surface area (Å²) in [6, 6.07) is 11.7. The molecule has 0 radical (unpaired) electrons. The maximum Gasteiger partial charge on any atom is 0.305 e. The lowest BCUT2D eigenvalue weighted by Crippen LogP contribution is -2.21. The molecule has 2 aromatic carbocycles. The highest BCUT2D eigenvalue weighted by atomic mass is 16.5. The molecule has 0 unspecified atom stereocenters. The molecule has 6 nitrogen and oxygen atoms in total. The minimum Gasteiger partial charge on any atom is -0.469 e. The Balaban J connectivity index is 1.79. The third-order valence-electron chi connectivity index (χ3n) is 4.23. The van der Waals surface area contributed by atoms with Crippen molar-refractivity contribution in [1.82, 2.24) is 0 Å². The van der Waals surface area contributed by atoms with Crippen LogP contribution >= 0.6 is 0 Å². The van der Waals surface area contributed by atoms with Gasteiger partial charge in [-0.3, -0.25) is 19.2 Å². The van der Waals surface area contributed by atoms with Crippen molar-refractivity contribution in [2.45, 2.75) is 19.3 Å². The molecule has 2 aromatic rings. The first-order valence-corrected chi connectivity index (χ1v) is 8.20. The van der Waals surface area contributed by atoms with Crippen molar-refractivity contribution >= 4 is 29.1 Å². The number of carbonyl (C=O) groups is 4. The fourth-order valence-electron chi connectivity index (χ4n) is 2.92. The third kappa shape index (κ3) is 3.39. The van der Waals surface area contributed by atoms with E-state index in [1.807, 2.05) is 0 Å². The van der Waals surface area contributed by atoms with Crippen molar-refractivity contribution < 1.29 is 23.9 Å². The zero-order valence-electron chi connectivity index (χ0n) is 14.2. The van der Waals surface area contributed by atoms with Gasteiger partial charge in [-0.15, -0.1) is 0 Å². The van der Waals surface area contributed by atoms with Crippen LogP contribution in [0.1, 0.15) is 40.0 Å². The average molecular weight is 351 g/mol. The summed E-state index contributed by atoms with van der Waals surface area (Å²) in [6.45, 7) is 0. The lowest BCUT2D eigenvalue weighted by molar-refractivity contribution is -0.140. The summed E-state index contributed by atoms with van der Waals surface area (Å²) in [7, 11) is 1.30. The minimum absolute atomic E-state index is 0.179. The second-order valence-corrected chi connectivity index (χ2v) is 5.94. The van der Waals surface area contributed by atoms with Gasteiger partial charge in [0.2, 0.25) is 17.5 Å². The van der Waals surface area contributed by atoms with Crippen molar-refractivity contribution in [3.05, 3.63) is 53.6 Å². The van der Waals surface area contributed by atoms with Crippen LogP contribution in [0, 0.1) is 0 Å². The van der Waals surface area contributed by atoms with Gasteiger partial charge in [-0.2, -0.15) is 0 Å². The molecule has 0 saturated carbocycles. The second kappa shape index (κ2) is 7.31. The summed E-state index contributed by atoms with van der Waals surface area (Å²) in [5, 5.41) is 2.75. The molecule has 26 heavy (non-hydrogen) atoms. The number of esters is 1. The highest BCUT2D eigenvalue weighted by Crippen LogP contribution is 2.35. The molecule has 0 fully saturated rings. The van der Waals surface area contributed by atoms with Crippen LogP contribution in [0.5, 0.6) is 0 Å². The van der Waals surface area contributed by atoms with Crippen LogP contribution in [-0.2, 0) is 14.3 Å². The van der Waals surface area contributed by atoms with Gasteiger partial charge in [0, 0.05) is 29.7 Å². The predicted octanol–water partition coefficient (Wildman–Crippen LogP) is 3.01. The number of ketones is 2. The predicted molar refractivity (Wildman–Crippen MR) is 95.0 cm³/mol. The topological polar surface area (TPSA) is 89.5 Å². The van der Waals surface area contributed by atoms with Gasteiger partial charge >= 0.3 is 5.97 Å². The molecule has 6 heteroatoms. The molecule has 0 aromatic heterocycles. The summed E-state index contributed by atoms with van der Waals surface area (Å²) in [4.78, 5) is 47.5. The number of hydrogen-bond donors (Lipinski definition) is 1. The third-order valence-corrected chi connectivity index (χ3v) is 4.23. The van der Waals surface area contributed by atoms with Gasteiger partial charge in [-0.05, 0) is 35.7 Å². The molecule has 0 aliphatic heterocycles. The van der Waals surface area contributed by atoms with E-state index in [0.717, 1.165) is 0 Å². The number of hydrogen-bond acceptors (Lipinski definition) is 5. The number of rotatable bonds is 5. The fourth-order valence-corrected chi connectivity index (χ4v) is 2.92. The number of anilines is 1. The fraction of sp³-hybridized carbons (Fsp3) is 0.200. The van der Waals surface area contributed by atoms with Crippen LogP contribution < -0.4 is 5.32 Å². The van der Waals surface area contributed by atoms with E-state index in [1.54, 1.807) is 42.5 Å². The van der Waals surface area contributed by atoms with E-state index in [-0.39, 0.29) is 24.7 Å². The van der Waals surface area contributed by atoms with E-state index < -0.39 is 11.6 Å². The minimum atomic E-state index is -0.547. The Morgan fingerprint density at radius 1 is 0.885 bits per heavy atom. The molecule has 0 saturated heterocycles. The van der Waals surface area contributed by atoms with E-state index in [4.69, 9.17) is 0 Å². The van der Waals surface area contributed by atoms with Crippen LogP contribution in [0.2, 0.25) is 0 Å². The van der Waals surface area contributed by atoms with Crippen molar-refractivity contribution in [3.8, 4) is 11.1 Å². The summed E-state index contributed by atoms with van der Waals surface area (Å²) >= 11 is 0. The molecular weight excluding hydrogens is 334 g/mol. The Labute approximate surface area is 150 Å². The first-order chi connectivity index (χ1) is 12.5. The zero-order chi connectivity index (χ0) is 18.7. The first-order valence-electron chi connectivity index (χ1n) is 8.20. The van der Waals surface area contributed by atoms with Crippen molar-refractivity contribution in [2.24, 2.45) is 0 Å². The maximum absolute atomic E-state index is 12.3. The largest absolute Gasteiger partial charge is 0.469 e. The number of carbonyl (C=O) groups excluding carboxylic acids is 4. The zero-order valence-corrected chi connectivity index (χ0v) is 14.2. The van der Waals surface area contributed by atoms with Crippen LogP contribution in [0.4, 0.5) is 5.69 Å². The molecule has 0 heterocycles. The second-order valence-electron chi connectivity index (χ2n) is 5.94. The molecule has 0 spiro atoms. The Bertz CT molecular complexity index is 916. The van der Waals surface area contributed by atoms with Gasteiger partial charge in [0.05, 0.1) is 7.11 Å². The Morgan fingerprint density at radius 3 is 2.23 bits per heavy atom. The van der Waals surface area contributed by atoms with E-state index >= 15 is 0 Å². The normalized spacial score (nSPS) is 12.2. The van der Waals surface area contributed by atoms with Crippen molar-refractivity contribution in [1.29, 1.82) is 0 Å². The van der Waals surface area contributed by atoms with Gasteiger partial charge in [0.1, 0.15) is 0 Å². The van der Waals surface area contributed by atoms with Gasteiger partial charge in [-0.25, -0.2) is 0 Å². The lowest BCUT2D eigenvalue weighted by atomic mass is 9.84. The van der Waals surface area contributed by atoms with E-state index in [0.29, 0.717) is 34.4 Å². The number of fused-ring (bicyclic) bond motifs is 3. The Hall–Kier alpha value is -3.28. The van der Waals surface area contributed by atoms with Crippen LogP contribution in [0.25, 0.3) is 11.1 Å². The quantitative estimate of drug-likeness (QED) is 0.661. The first kappa shape index (κ1) is 17.5. The lowest BCUT2D eigenvalue weighted by Gasteiger charge is -2.18. The number of methoxy groups -OCH3 is 1. The van der Waals surface area contributed by atoms with Crippen molar-refractivity contribution in [3.63, 3.8) is 0 Å². The molecule has 1 aliphatic rings. The van der Waals surface area contributed by atoms with Gasteiger partial charge < -0.3 is 10.1 Å². The summed E-state index contributed by atoms with van der Waals surface area (Å²) in [5.41, 5.74) is 2.53. The van der Waals surface area contributed by atoms with Crippen molar-refractivity contribution in [2.75, 3.05) is 12.4 Å². The summed E-state index contributed by atoms with van der Waals surface area (Å²) < 4.78 is 4.53. The van der Waals surface area contributed by atoms with Gasteiger partial charge in [-0.1, -0.05) is 24.3 Å². The molecule has 0 atom stereocenters. The Morgan fingerprint density at radius 2 is 1.54 bits per heavy atom. The number of benzene rings is 2. The molecule has 1 amide bonds. The summed E-state index contributed by atoms with van der Waals surface area (Å²) in [6.07, 6.45) is 0.748. The monoisotopic (exact) mass is 351 g/mol. The molecule has 1 aliphatic carbocycles. The number of ether oxygens (including phenoxy) is 1. The van der Waals surface area contributed by atoms with Gasteiger partial charge in [0.25, 0.3) is 0 Å². The highest BCUT2D eigenvalue weighted by Gasteiger charge is 2.30. The molecule has 132 valence electrons. The molecule has 3 rings (SSSR count). The number of Topliss-reactive ketones (excluding diaryl/α,β-unsaturated/α-hetero) is 2. The molecular formula is C20H17NO5. The molecule has 0 bridgehead atoms. The highest BCUT2D eigenvalue weighted by molar-refractivity contribution is 6.53. The number of nitrogens with one attached hydrogen (secondary N) is 1. The smallest absolute Gasteiger partial charge is 0.305 e. The van der Waals surface area contributed by atoms with E-state index in [2.05, 4.69) is 10.1 Å². The Kier molecular flexibility index (Phi) is 4.93. The SMILES string of the molecule is COC(=O)CCCC(=O)Nc1ccc2c(c1)-c1ccccc1C(=O)C2=O. The standard InChI is InChI=1S/C20H17NO5/c1-26-18(23)8-4-7-17(22)21-12-9-10-15-16(11-12)13-5-2-3-6-14(13)19(24)20(15)25/h2-3,5-6,9-11H,4,7-8H2,1H3,(H,21,22). The summed E-state index contributed by atoms with van der Waals surface area (Å²) in [5.74, 6) is -1.66. The maximum atomic E-state index is 12.3.